The van der Waals surface area contributed by atoms with E-state index in [0.717, 1.165) is 29.4 Å². The molecule has 4 aromatic rings. The Labute approximate surface area is 204 Å². The van der Waals surface area contributed by atoms with Gasteiger partial charge in [-0.05, 0) is 36.1 Å². The summed E-state index contributed by atoms with van der Waals surface area (Å²) in [4.78, 5) is 33.1. The first-order valence-electron chi connectivity index (χ1n) is 11.9. The van der Waals surface area contributed by atoms with Crippen molar-refractivity contribution in [2.75, 3.05) is 11.9 Å². The Hall–Kier alpha value is -4.19. The summed E-state index contributed by atoms with van der Waals surface area (Å²) in [6.07, 6.45) is 2.82. The van der Waals surface area contributed by atoms with E-state index in [9.17, 15) is 9.59 Å². The summed E-state index contributed by atoms with van der Waals surface area (Å²) in [5, 5.41) is 4.00. The van der Waals surface area contributed by atoms with Gasteiger partial charge >= 0.3 is 6.09 Å². The molecule has 0 bridgehead atoms. The molecule has 0 aliphatic carbocycles. The first-order valence-corrected chi connectivity index (χ1v) is 11.9. The molecule has 1 aromatic heterocycles. The zero-order valence-corrected chi connectivity index (χ0v) is 19.3. The van der Waals surface area contributed by atoms with Crippen LogP contribution in [0.5, 0.6) is 0 Å². The number of para-hydroxylation sites is 1. The third-order valence-corrected chi connectivity index (χ3v) is 6.46. The minimum atomic E-state index is -0.701. The summed E-state index contributed by atoms with van der Waals surface area (Å²) >= 11 is 0. The van der Waals surface area contributed by atoms with Gasteiger partial charge in [0.05, 0.1) is 11.2 Å². The lowest BCUT2D eigenvalue weighted by Crippen LogP contribution is -2.53. The normalized spacial score (nSPS) is 17.7. The maximum Gasteiger partial charge on any atom is 0.410 e. The predicted molar refractivity (Wildman–Crippen MR) is 136 cm³/mol. The molecule has 1 N–H and O–H groups in total. The van der Waals surface area contributed by atoms with Gasteiger partial charge in [-0.1, -0.05) is 78.9 Å². The van der Waals surface area contributed by atoms with Crippen molar-refractivity contribution in [2.24, 2.45) is 0 Å². The molecule has 35 heavy (non-hydrogen) atoms. The topological polar surface area (TPSA) is 71.5 Å². The fourth-order valence-corrected chi connectivity index (χ4v) is 4.79. The third kappa shape index (κ3) is 5.01. The predicted octanol–water partition coefficient (Wildman–Crippen LogP) is 5.76. The van der Waals surface area contributed by atoms with Gasteiger partial charge in [-0.15, -0.1) is 0 Å². The van der Waals surface area contributed by atoms with E-state index in [1.807, 2.05) is 91.0 Å². The summed E-state index contributed by atoms with van der Waals surface area (Å²) in [5.41, 5.74) is 3.28. The number of hydrogen-bond donors (Lipinski definition) is 1. The van der Waals surface area contributed by atoms with Gasteiger partial charge in [0, 0.05) is 24.0 Å². The molecule has 1 saturated heterocycles. The number of nitrogens with one attached hydrogen (secondary N) is 1. The molecule has 176 valence electrons. The van der Waals surface area contributed by atoms with Crippen molar-refractivity contribution in [3.8, 4) is 0 Å². The Balaban J connectivity index is 1.43. The number of ether oxygens (including phenoxy) is 1. The zero-order valence-electron chi connectivity index (χ0n) is 19.3. The number of anilines is 1. The van der Waals surface area contributed by atoms with E-state index in [4.69, 9.17) is 4.74 Å². The minimum Gasteiger partial charge on any atom is -0.445 e. The summed E-state index contributed by atoms with van der Waals surface area (Å²) < 4.78 is 5.65. The molecule has 1 aliphatic heterocycles. The van der Waals surface area contributed by atoms with Crippen LogP contribution >= 0.6 is 0 Å². The van der Waals surface area contributed by atoms with Crippen LogP contribution in [0, 0.1) is 0 Å². The monoisotopic (exact) mass is 465 g/mol. The molecule has 1 aliphatic rings. The van der Waals surface area contributed by atoms with Gasteiger partial charge in [0.25, 0.3) is 0 Å². The van der Waals surface area contributed by atoms with E-state index in [0.29, 0.717) is 17.7 Å². The first-order chi connectivity index (χ1) is 17.2. The largest absolute Gasteiger partial charge is 0.445 e. The quantitative estimate of drug-likeness (QED) is 0.407. The molecular formula is C29H27N3O3. The molecule has 6 nitrogen and oxygen atoms in total. The maximum absolute atomic E-state index is 13.8. The second-order valence-electron chi connectivity index (χ2n) is 8.71. The van der Waals surface area contributed by atoms with Crippen LogP contribution in [0.25, 0.3) is 10.9 Å². The van der Waals surface area contributed by atoms with Crippen LogP contribution in [0.4, 0.5) is 10.5 Å². The molecule has 6 heteroatoms. The van der Waals surface area contributed by atoms with Crippen LogP contribution in [0.15, 0.2) is 97.2 Å². The Morgan fingerprint density at radius 2 is 1.66 bits per heavy atom. The number of pyridine rings is 1. The van der Waals surface area contributed by atoms with Gasteiger partial charge < -0.3 is 10.1 Å². The minimum absolute atomic E-state index is 0.142. The number of aromatic nitrogens is 1. The van der Waals surface area contributed by atoms with Crippen molar-refractivity contribution in [3.63, 3.8) is 0 Å². The lowest BCUT2D eigenvalue weighted by molar-refractivity contribution is -0.122. The average Bonchev–Trinajstić information content (AvgIpc) is 2.92. The molecule has 0 saturated carbocycles. The SMILES string of the molecule is O=C(Nc1cccc2cccnc12)[C@@H]1[C@H](c2ccccc2)CCCN1C(=O)OCc1ccccc1. The molecule has 2 amide bonds. The Kier molecular flexibility index (Phi) is 6.70. The first kappa shape index (κ1) is 22.6. The number of nitrogens with zero attached hydrogens (tertiary/aromatic N) is 2. The van der Waals surface area contributed by atoms with Gasteiger partial charge in [-0.2, -0.15) is 0 Å². The number of amides is 2. The lowest BCUT2D eigenvalue weighted by atomic mass is 9.83. The van der Waals surface area contributed by atoms with Gasteiger partial charge in [-0.25, -0.2) is 4.79 Å². The number of rotatable bonds is 5. The van der Waals surface area contributed by atoms with Crippen molar-refractivity contribution in [3.05, 3.63) is 108 Å². The van der Waals surface area contributed by atoms with E-state index in [-0.39, 0.29) is 18.4 Å². The molecular weight excluding hydrogens is 438 g/mol. The van der Waals surface area contributed by atoms with Crippen molar-refractivity contribution in [2.45, 2.75) is 31.4 Å². The smallest absolute Gasteiger partial charge is 0.410 e. The van der Waals surface area contributed by atoms with Crippen LogP contribution in [-0.2, 0) is 16.1 Å². The second kappa shape index (κ2) is 10.4. The molecule has 5 rings (SSSR count). The van der Waals surface area contributed by atoms with E-state index < -0.39 is 12.1 Å². The van der Waals surface area contributed by atoms with Crippen LogP contribution < -0.4 is 5.32 Å². The number of fused-ring (bicyclic) bond motifs is 1. The number of benzene rings is 3. The zero-order chi connectivity index (χ0) is 24.0. The average molecular weight is 466 g/mol. The molecule has 0 unspecified atom stereocenters. The highest BCUT2D eigenvalue weighted by Gasteiger charge is 2.41. The summed E-state index contributed by atoms with van der Waals surface area (Å²) in [7, 11) is 0. The van der Waals surface area contributed by atoms with Gasteiger partial charge in [0.1, 0.15) is 12.6 Å². The summed E-state index contributed by atoms with van der Waals surface area (Å²) in [5.74, 6) is -0.384. The second-order valence-corrected chi connectivity index (χ2v) is 8.71. The fourth-order valence-electron chi connectivity index (χ4n) is 4.79. The fraction of sp³-hybridized carbons (Fsp3) is 0.207. The molecule has 2 atom stereocenters. The van der Waals surface area contributed by atoms with E-state index in [2.05, 4.69) is 10.3 Å². The van der Waals surface area contributed by atoms with Gasteiger partial charge in [0.2, 0.25) is 5.91 Å². The van der Waals surface area contributed by atoms with E-state index in [1.54, 1.807) is 11.1 Å². The van der Waals surface area contributed by atoms with Crippen molar-refractivity contribution >= 4 is 28.6 Å². The summed E-state index contributed by atoms with van der Waals surface area (Å²) in [6, 6.07) is 28.3. The summed E-state index contributed by atoms with van der Waals surface area (Å²) in [6.45, 7) is 0.622. The molecule has 0 radical (unpaired) electrons. The van der Waals surface area contributed by atoms with E-state index in [1.165, 1.54) is 0 Å². The Bertz CT molecular complexity index is 1310. The third-order valence-electron chi connectivity index (χ3n) is 6.46. The van der Waals surface area contributed by atoms with E-state index >= 15 is 0 Å². The maximum atomic E-state index is 13.8. The van der Waals surface area contributed by atoms with Crippen molar-refractivity contribution in [1.82, 2.24) is 9.88 Å². The number of likely N-dealkylation sites (tertiary alicyclic amines) is 1. The molecule has 0 spiro atoms. The highest BCUT2D eigenvalue weighted by molar-refractivity contribution is 6.03. The van der Waals surface area contributed by atoms with Gasteiger partial charge in [-0.3, -0.25) is 14.7 Å². The van der Waals surface area contributed by atoms with Crippen LogP contribution in [0.2, 0.25) is 0 Å². The van der Waals surface area contributed by atoms with Crippen molar-refractivity contribution in [1.29, 1.82) is 0 Å². The number of piperidine rings is 1. The number of carbonyl (C=O) groups is 2. The highest BCUT2D eigenvalue weighted by atomic mass is 16.6. The Morgan fingerprint density at radius 1 is 0.914 bits per heavy atom. The van der Waals surface area contributed by atoms with Gasteiger partial charge in [0.15, 0.2) is 0 Å². The molecule has 2 heterocycles. The molecule has 1 fully saturated rings. The van der Waals surface area contributed by atoms with Crippen molar-refractivity contribution < 1.29 is 14.3 Å². The number of hydrogen-bond acceptors (Lipinski definition) is 4. The van der Waals surface area contributed by atoms with Crippen LogP contribution in [0.3, 0.4) is 0 Å². The van der Waals surface area contributed by atoms with Crippen LogP contribution in [0.1, 0.15) is 29.9 Å². The highest BCUT2D eigenvalue weighted by Crippen LogP contribution is 2.34. The number of carbonyl (C=O) groups excluding carboxylic acids is 2. The molecule has 3 aromatic carbocycles. The Morgan fingerprint density at radius 3 is 2.46 bits per heavy atom. The lowest BCUT2D eigenvalue weighted by Gasteiger charge is -2.39. The standard InChI is InChI=1S/C29H27N3O3/c33-28(31-25-17-7-14-23-15-8-18-30-26(23)25)27-24(22-12-5-2-6-13-22)16-9-19-32(27)29(34)35-20-21-10-3-1-4-11-21/h1-8,10-15,17-18,24,27H,9,16,19-20H2,(H,31,33)/t24-,27-/m0/s1. The van der Waals surface area contributed by atoms with Crippen LogP contribution in [-0.4, -0.2) is 34.5 Å².